The highest BCUT2D eigenvalue weighted by Crippen LogP contribution is 2.23. The van der Waals surface area contributed by atoms with Crippen molar-refractivity contribution >= 4 is 5.82 Å². The van der Waals surface area contributed by atoms with Crippen LogP contribution < -0.4 is 10.6 Å². The van der Waals surface area contributed by atoms with E-state index in [1.165, 1.54) is 5.56 Å². The van der Waals surface area contributed by atoms with Gasteiger partial charge in [-0.05, 0) is 25.5 Å². The largest absolute Gasteiger partial charge is 0.352 e. The van der Waals surface area contributed by atoms with E-state index in [0.717, 1.165) is 24.5 Å². The van der Waals surface area contributed by atoms with Crippen LogP contribution in [-0.2, 0) is 6.54 Å². The zero-order chi connectivity index (χ0) is 13.7. The molecule has 2 N–H and O–H groups in total. The molecular weight excluding hydrogens is 234 g/mol. The van der Waals surface area contributed by atoms with Crippen molar-refractivity contribution in [3.8, 4) is 0 Å². The molecule has 0 saturated heterocycles. The van der Waals surface area contributed by atoms with Gasteiger partial charge in [-0.15, -0.1) is 0 Å². The molecule has 0 unspecified atom stereocenters. The predicted molar refractivity (Wildman–Crippen MR) is 80.0 cm³/mol. The van der Waals surface area contributed by atoms with Crippen LogP contribution in [0, 0.1) is 0 Å². The van der Waals surface area contributed by atoms with Crippen molar-refractivity contribution in [3.05, 3.63) is 59.8 Å². The van der Waals surface area contributed by atoms with Gasteiger partial charge in [-0.1, -0.05) is 36.4 Å². The van der Waals surface area contributed by atoms with Crippen molar-refractivity contribution in [3.63, 3.8) is 0 Å². The van der Waals surface area contributed by atoms with Gasteiger partial charge in [0.2, 0.25) is 0 Å². The SMILES string of the molecule is CCN(Cc1ccccc1)c1ncccc1[C@H](C)N. The molecule has 0 aliphatic heterocycles. The molecule has 0 aliphatic rings. The van der Waals surface area contributed by atoms with Crippen molar-refractivity contribution < 1.29 is 0 Å². The fourth-order valence-corrected chi connectivity index (χ4v) is 2.17. The first kappa shape index (κ1) is 13.6. The van der Waals surface area contributed by atoms with E-state index in [2.05, 4.69) is 47.1 Å². The number of hydrogen-bond acceptors (Lipinski definition) is 3. The third-order valence-corrected chi connectivity index (χ3v) is 3.20. The minimum absolute atomic E-state index is 0.00600. The van der Waals surface area contributed by atoms with Gasteiger partial charge in [0.05, 0.1) is 0 Å². The van der Waals surface area contributed by atoms with Crippen molar-refractivity contribution in [1.82, 2.24) is 4.98 Å². The summed E-state index contributed by atoms with van der Waals surface area (Å²) in [5.74, 6) is 0.990. The van der Waals surface area contributed by atoms with Crippen LogP contribution in [0.1, 0.15) is 31.0 Å². The standard InChI is InChI=1S/C16H21N3/c1-3-19(12-14-8-5-4-6-9-14)16-15(13(2)17)10-7-11-18-16/h4-11,13H,3,12,17H2,1-2H3/t13-/m0/s1. The number of pyridine rings is 1. The van der Waals surface area contributed by atoms with Gasteiger partial charge < -0.3 is 10.6 Å². The molecule has 1 heterocycles. The molecule has 1 atom stereocenters. The first-order valence-electron chi connectivity index (χ1n) is 6.71. The summed E-state index contributed by atoms with van der Waals surface area (Å²) >= 11 is 0. The van der Waals surface area contributed by atoms with Gasteiger partial charge in [-0.3, -0.25) is 0 Å². The summed E-state index contributed by atoms with van der Waals surface area (Å²) in [4.78, 5) is 6.77. The zero-order valence-electron chi connectivity index (χ0n) is 11.6. The second-order valence-electron chi connectivity index (χ2n) is 4.70. The average molecular weight is 255 g/mol. The highest BCUT2D eigenvalue weighted by Gasteiger charge is 2.13. The minimum Gasteiger partial charge on any atom is -0.352 e. The number of anilines is 1. The molecule has 3 nitrogen and oxygen atoms in total. The van der Waals surface area contributed by atoms with E-state index in [1.54, 1.807) is 0 Å². The fraction of sp³-hybridized carbons (Fsp3) is 0.312. The van der Waals surface area contributed by atoms with E-state index >= 15 is 0 Å². The number of nitrogens with two attached hydrogens (primary N) is 1. The molecule has 0 saturated carbocycles. The molecule has 2 rings (SSSR count). The Bertz CT molecular complexity index is 508. The Hall–Kier alpha value is -1.87. The topological polar surface area (TPSA) is 42.2 Å². The summed E-state index contributed by atoms with van der Waals surface area (Å²) < 4.78 is 0. The Morgan fingerprint density at radius 1 is 1.16 bits per heavy atom. The minimum atomic E-state index is -0.00600. The summed E-state index contributed by atoms with van der Waals surface area (Å²) in [7, 11) is 0. The van der Waals surface area contributed by atoms with Crippen LogP contribution in [0.4, 0.5) is 5.82 Å². The van der Waals surface area contributed by atoms with E-state index in [1.807, 2.05) is 25.3 Å². The quantitative estimate of drug-likeness (QED) is 0.892. The molecule has 0 radical (unpaired) electrons. The normalized spacial score (nSPS) is 12.2. The van der Waals surface area contributed by atoms with Gasteiger partial charge in [0.25, 0.3) is 0 Å². The molecule has 100 valence electrons. The molecule has 1 aromatic carbocycles. The van der Waals surface area contributed by atoms with Gasteiger partial charge in [0, 0.05) is 30.9 Å². The number of nitrogens with zero attached hydrogens (tertiary/aromatic N) is 2. The number of rotatable bonds is 5. The number of benzene rings is 1. The maximum atomic E-state index is 6.03. The lowest BCUT2D eigenvalue weighted by molar-refractivity contribution is 0.762. The van der Waals surface area contributed by atoms with Gasteiger partial charge in [-0.2, -0.15) is 0 Å². The molecule has 2 aromatic rings. The molecule has 0 fully saturated rings. The van der Waals surface area contributed by atoms with Crippen LogP contribution in [0.15, 0.2) is 48.7 Å². The van der Waals surface area contributed by atoms with Crippen LogP contribution in [0.3, 0.4) is 0 Å². The fourth-order valence-electron chi connectivity index (χ4n) is 2.17. The molecule has 0 bridgehead atoms. The lowest BCUT2D eigenvalue weighted by Crippen LogP contribution is -2.25. The van der Waals surface area contributed by atoms with Crippen molar-refractivity contribution in [1.29, 1.82) is 0 Å². The second-order valence-corrected chi connectivity index (χ2v) is 4.70. The van der Waals surface area contributed by atoms with Crippen molar-refractivity contribution in [2.75, 3.05) is 11.4 Å². The lowest BCUT2D eigenvalue weighted by Gasteiger charge is -2.25. The average Bonchev–Trinajstić information content (AvgIpc) is 2.46. The second kappa shape index (κ2) is 6.34. The van der Waals surface area contributed by atoms with Crippen molar-refractivity contribution in [2.45, 2.75) is 26.4 Å². The Morgan fingerprint density at radius 2 is 1.89 bits per heavy atom. The van der Waals surface area contributed by atoms with Crippen LogP contribution in [-0.4, -0.2) is 11.5 Å². The Morgan fingerprint density at radius 3 is 2.53 bits per heavy atom. The third-order valence-electron chi connectivity index (χ3n) is 3.20. The lowest BCUT2D eigenvalue weighted by atomic mass is 10.1. The van der Waals surface area contributed by atoms with Crippen LogP contribution in [0.5, 0.6) is 0 Å². The predicted octanol–water partition coefficient (Wildman–Crippen LogP) is 3.13. The molecule has 1 aromatic heterocycles. The van der Waals surface area contributed by atoms with E-state index in [9.17, 15) is 0 Å². The van der Waals surface area contributed by atoms with E-state index in [-0.39, 0.29) is 6.04 Å². The third kappa shape index (κ3) is 3.32. The first-order chi connectivity index (χ1) is 9.22. The molecule has 0 spiro atoms. The zero-order valence-corrected chi connectivity index (χ0v) is 11.6. The first-order valence-corrected chi connectivity index (χ1v) is 6.71. The Kier molecular flexibility index (Phi) is 4.53. The summed E-state index contributed by atoms with van der Waals surface area (Å²) in [6.45, 7) is 5.90. The number of aromatic nitrogens is 1. The smallest absolute Gasteiger partial charge is 0.133 e. The summed E-state index contributed by atoms with van der Waals surface area (Å²) in [5, 5.41) is 0. The molecule has 19 heavy (non-hydrogen) atoms. The Labute approximate surface area is 115 Å². The molecular formula is C16H21N3. The van der Waals surface area contributed by atoms with Gasteiger partial charge in [0.1, 0.15) is 5.82 Å². The summed E-state index contributed by atoms with van der Waals surface area (Å²) in [5.41, 5.74) is 8.41. The van der Waals surface area contributed by atoms with Gasteiger partial charge >= 0.3 is 0 Å². The molecule has 0 amide bonds. The number of hydrogen-bond donors (Lipinski definition) is 1. The molecule has 0 aliphatic carbocycles. The van der Waals surface area contributed by atoms with Crippen molar-refractivity contribution in [2.24, 2.45) is 5.73 Å². The summed E-state index contributed by atoms with van der Waals surface area (Å²) in [6, 6.07) is 14.4. The van der Waals surface area contributed by atoms with Crippen LogP contribution >= 0.6 is 0 Å². The summed E-state index contributed by atoms with van der Waals surface area (Å²) in [6.07, 6.45) is 1.83. The van der Waals surface area contributed by atoms with Gasteiger partial charge in [0.15, 0.2) is 0 Å². The van der Waals surface area contributed by atoms with E-state index in [4.69, 9.17) is 5.73 Å². The van der Waals surface area contributed by atoms with Crippen LogP contribution in [0.25, 0.3) is 0 Å². The highest BCUT2D eigenvalue weighted by atomic mass is 15.2. The van der Waals surface area contributed by atoms with E-state index in [0.29, 0.717) is 0 Å². The maximum absolute atomic E-state index is 6.03. The molecule has 3 heteroatoms. The maximum Gasteiger partial charge on any atom is 0.133 e. The Balaban J connectivity index is 2.27. The van der Waals surface area contributed by atoms with E-state index < -0.39 is 0 Å². The van der Waals surface area contributed by atoms with Gasteiger partial charge in [-0.25, -0.2) is 4.98 Å². The highest BCUT2D eigenvalue weighted by molar-refractivity contribution is 5.48. The van der Waals surface area contributed by atoms with Crippen LogP contribution in [0.2, 0.25) is 0 Å². The monoisotopic (exact) mass is 255 g/mol.